The molecule has 0 N–H and O–H groups in total. The van der Waals surface area contributed by atoms with Crippen LogP contribution in [0.4, 0.5) is 4.79 Å². The zero-order chi connectivity index (χ0) is 16.4. The molecule has 7 nitrogen and oxygen atoms in total. The van der Waals surface area contributed by atoms with Gasteiger partial charge >= 0.3 is 6.09 Å². The molecule has 126 valence electrons. The molecular weight excluding hydrogens is 298 g/mol. The number of carbonyl (C=O) groups is 2. The Morgan fingerprint density at radius 1 is 1.39 bits per heavy atom. The van der Waals surface area contributed by atoms with Gasteiger partial charge in [0, 0.05) is 25.2 Å². The Morgan fingerprint density at radius 3 is 2.74 bits per heavy atom. The summed E-state index contributed by atoms with van der Waals surface area (Å²) >= 11 is 0. The third-order valence-electron chi connectivity index (χ3n) is 4.69. The molecule has 0 spiro atoms. The van der Waals surface area contributed by atoms with E-state index in [1.807, 2.05) is 16.7 Å². The second-order valence-corrected chi connectivity index (χ2v) is 6.27. The average Bonchev–Trinajstić information content (AvgIpc) is 3.13. The van der Waals surface area contributed by atoms with Gasteiger partial charge in [-0.05, 0) is 26.2 Å². The number of aryl methyl sites for hydroxylation is 1. The summed E-state index contributed by atoms with van der Waals surface area (Å²) in [5.41, 5.74) is 0.782. The first-order valence-electron chi connectivity index (χ1n) is 8.23. The molecule has 2 fully saturated rings. The number of cyclic esters (lactones) is 1. The van der Waals surface area contributed by atoms with E-state index in [4.69, 9.17) is 9.26 Å². The third kappa shape index (κ3) is 3.33. The van der Waals surface area contributed by atoms with Crippen molar-refractivity contribution in [1.82, 2.24) is 15.0 Å². The van der Waals surface area contributed by atoms with Crippen LogP contribution in [-0.2, 0) is 16.0 Å². The summed E-state index contributed by atoms with van der Waals surface area (Å²) in [6, 6.07) is 2.13. The van der Waals surface area contributed by atoms with Crippen molar-refractivity contribution in [3.63, 3.8) is 0 Å². The van der Waals surface area contributed by atoms with Gasteiger partial charge in [0.2, 0.25) is 5.91 Å². The van der Waals surface area contributed by atoms with E-state index in [0.29, 0.717) is 25.5 Å². The molecule has 1 atom stereocenters. The Bertz CT molecular complexity index is 578. The van der Waals surface area contributed by atoms with E-state index in [1.54, 1.807) is 6.07 Å². The van der Waals surface area contributed by atoms with E-state index in [-0.39, 0.29) is 30.5 Å². The summed E-state index contributed by atoms with van der Waals surface area (Å²) in [5.74, 6) is 0.652. The first-order chi connectivity index (χ1) is 11.1. The van der Waals surface area contributed by atoms with Gasteiger partial charge in [-0.2, -0.15) is 0 Å². The van der Waals surface area contributed by atoms with Crippen LogP contribution in [0.25, 0.3) is 0 Å². The van der Waals surface area contributed by atoms with Crippen molar-refractivity contribution in [2.24, 2.45) is 0 Å². The quantitative estimate of drug-likeness (QED) is 0.844. The molecule has 1 aromatic rings. The van der Waals surface area contributed by atoms with E-state index < -0.39 is 0 Å². The maximum atomic E-state index is 12.3. The molecule has 2 aliphatic rings. The first-order valence-corrected chi connectivity index (χ1v) is 8.23. The highest BCUT2D eigenvalue weighted by atomic mass is 16.6. The first kappa shape index (κ1) is 15.8. The minimum atomic E-state index is -0.209. The summed E-state index contributed by atoms with van der Waals surface area (Å²) in [5, 5.41) is 3.80. The van der Waals surface area contributed by atoms with Crippen molar-refractivity contribution >= 4 is 12.0 Å². The lowest BCUT2D eigenvalue weighted by molar-refractivity contribution is -0.132. The number of rotatable bonds is 4. The van der Waals surface area contributed by atoms with Crippen LogP contribution in [0.15, 0.2) is 10.6 Å². The number of hydrogen-bond donors (Lipinski definition) is 0. The Hall–Kier alpha value is -2.05. The van der Waals surface area contributed by atoms with Crippen LogP contribution in [0.3, 0.4) is 0 Å². The molecule has 1 aromatic heterocycles. The number of carbonyl (C=O) groups excluding carboxylic acids is 2. The van der Waals surface area contributed by atoms with Crippen molar-refractivity contribution < 1.29 is 18.8 Å². The number of amides is 2. The molecule has 0 aromatic carbocycles. The molecule has 0 aliphatic carbocycles. The standard InChI is InChI=1S/C16H23N3O4/c1-3-12-10-22-16(21)19(12)13-4-6-18(7-5-13)15(20)9-14-8-11(2)17-23-14/h8,12-13H,3-7,9-10H2,1-2H3. The number of hydrogen-bond acceptors (Lipinski definition) is 5. The van der Waals surface area contributed by atoms with Crippen molar-refractivity contribution in [3.05, 3.63) is 17.5 Å². The zero-order valence-corrected chi connectivity index (χ0v) is 13.7. The van der Waals surface area contributed by atoms with E-state index >= 15 is 0 Å². The van der Waals surface area contributed by atoms with Gasteiger partial charge in [-0.25, -0.2) is 4.79 Å². The van der Waals surface area contributed by atoms with E-state index in [2.05, 4.69) is 12.1 Å². The maximum Gasteiger partial charge on any atom is 0.410 e. The van der Waals surface area contributed by atoms with Crippen LogP contribution in [0.5, 0.6) is 0 Å². The summed E-state index contributed by atoms with van der Waals surface area (Å²) in [7, 11) is 0. The maximum absolute atomic E-state index is 12.3. The number of likely N-dealkylation sites (tertiary alicyclic amines) is 1. The lowest BCUT2D eigenvalue weighted by Crippen LogP contribution is -2.49. The number of nitrogens with zero attached hydrogens (tertiary/aromatic N) is 3. The fourth-order valence-corrected chi connectivity index (χ4v) is 3.39. The van der Waals surface area contributed by atoms with Crippen LogP contribution in [-0.4, -0.2) is 58.7 Å². The van der Waals surface area contributed by atoms with E-state index in [9.17, 15) is 9.59 Å². The van der Waals surface area contributed by atoms with Gasteiger partial charge in [0.05, 0.1) is 18.2 Å². The van der Waals surface area contributed by atoms with E-state index in [0.717, 1.165) is 25.0 Å². The average molecular weight is 321 g/mol. The number of piperidine rings is 1. The molecule has 3 heterocycles. The smallest absolute Gasteiger partial charge is 0.410 e. The van der Waals surface area contributed by atoms with Gasteiger partial charge in [0.1, 0.15) is 12.4 Å². The molecule has 1 unspecified atom stereocenters. The molecule has 7 heteroatoms. The SMILES string of the molecule is CCC1COC(=O)N1C1CCN(C(=O)Cc2cc(C)no2)CC1. The molecular formula is C16H23N3O4. The van der Waals surface area contributed by atoms with Crippen LogP contribution in [0.1, 0.15) is 37.6 Å². The van der Waals surface area contributed by atoms with Gasteiger partial charge in [-0.3, -0.25) is 9.69 Å². The second-order valence-electron chi connectivity index (χ2n) is 6.27. The molecule has 2 saturated heterocycles. The highest BCUT2D eigenvalue weighted by Gasteiger charge is 2.38. The van der Waals surface area contributed by atoms with Crippen LogP contribution in [0.2, 0.25) is 0 Å². The van der Waals surface area contributed by atoms with Gasteiger partial charge in [0.25, 0.3) is 0 Å². The zero-order valence-electron chi connectivity index (χ0n) is 13.7. The van der Waals surface area contributed by atoms with Crippen molar-refractivity contribution in [2.45, 2.75) is 51.6 Å². The topological polar surface area (TPSA) is 75.9 Å². The molecule has 23 heavy (non-hydrogen) atoms. The fourth-order valence-electron chi connectivity index (χ4n) is 3.39. The normalized spacial score (nSPS) is 22.5. The van der Waals surface area contributed by atoms with Crippen molar-refractivity contribution in [3.8, 4) is 0 Å². The summed E-state index contributed by atoms with van der Waals surface area (Å²) in [4.78, 5) is 27.9. The minimum absolute atomic E-state index is 0.0515. The van der Waals surface area contributed by atoms with Crippen LogP contribution in [0, 0.1) is 6.92 Å². The summed E-state index contributed by atoms with van der Waals surface area (Å²) < 4.78 is 10.3. The molecule has 0 radical (unpaired) electrons. The predicted octanol–water partition coefficient (Wildman–Crippen LogP) is 1.75. The Kier molecular flexibility index (Phi) is 4.54. The Balaban J connectivity index is 1.53. The number of ether oxygens (including phenoxy) is 1. The lowest BCUT2D eigenvalue weighted by Gasteiger charge is -2.37. The minimum Gasteiger partial charge on any atom is -0.447 e. The highest BCUT2D eigenvalue weighted by Crippen LogP contribution is 2.25. The Morgan fingerprint density at radius 2 is 2.13 bits per heavy atom. The van der Waals surface area contributed by atoms with Gasteiger partial charge in [-0.15, -0.1) is 0 Å². The molecule has 0 bridgehead atoms. The molecule has 2 aliphatic heterocycles. The Labute approximate surface area is 135 Å². The second kappa shape index (κ2) is 6.60. The molecule has 2 amide bonds. The van der Waals surface area contributed by atoms with Crippen molar-refractivity contribution in [2.75, 3.05) is 19.7 Å². The van der Waals surface area contributed by atoms with Crippen molar-refractivity contribution in [1.29, 1.82) is 0 Å². The number of aromatic nitrogens is 1. The monoisotopic (exact) mass is 321 g/mol. The largest absolute Gasteiger partial charge is 0.447 e. The summed E-state index contributed by atoms with van der Waals surface area (Å²) in [6.45, 7) is 5.72. The van der Waals surface area contributed by atoms with Gasteiger partial charge in [-0.1, -0.05) is 12.1 Å². The summed E-state index contributed by atoms with van der Waals surface area (Å²) in [6.07, 6.45) is 2.53. The third-order valence-corrected chi connectivity index (χ3v) is 4.69. The predicted molar refractivity (Wildman–Crippen MR) is 81.8 cm³/mol. The lowest BCUT2D eigenvalue weighted by atomic mass is 10.0. The molecule has 0 saturated carbocycles. The van der Waals surface area contributed by atoms with Crippen LogP contribution < -0.4 is 0 Å². The fraction of sp³-hybridized carbons (Fsp3) is 0.688. The van der Waals surface area contributed by atoms with Gasteiger partial charge in [0.15, 0.2) is 0 Å². The van der Waals surface area contributed by atoms with Crippen LogP contribution >= 0.6 is 0 Å². The molecule has 3 rings (SSSR count). The van der Waals surface area contributed by atoms with E-state index in [1.165, 1.54) is 0 Å². The van der Waals surface area contributed by atoms with Gasteiger partial charge < -0.3 is 14.2 Å². The highest BCUT2D eigenvalue weighted by molar-refractivity contribution is 5.78.